The molecule has 2 heterocycles. The molecule has 0 bridgehead atoms. The first kappa shape index (κ1) is 16.7. The Morgan fingerprint density at radius 2 is 2.04 bits per heavy atom. The first-order valence-electron chi connectivity index (χ1n) is 8.09. The van der Waals surface area contributed by atoms with Crippen LogP contribution in [0.3, 0.4) is 0 Å². The van der Waals surface area contributed by atoms with Crippen LogP contribution in [0.4, 0.5) is 0 Å². The summed E-state index contributed by atoms with van der Waals surface area (Å²) < 4.78 is 6.27. The minimum absolute atomic E-state index is 0.217. The van der Waals surface area contributed by atoms with Crippen molar-refractivity contribution in [1.82, 2.24) is 0 Å². The van der Waals surface area contributed by atoms with Crippen molar-refractivity contribution in [2.75, 3.05) is 0 Å². The summed E-state index contributed by atoms with van der Waals surface area (Å²) in [6.07, 6.45) is 2.41. The number of thiophene rings is 1. The molecule has 0 N–H and O–H groups in total. The van der Waals surface area contributed by atoms with E-state index in [1.807, 2.05) is 53.2 Å². The minimum Gasteiger partial charge on any atom is -0.459 e. The van der Waals surface area contributed by atoms with Gasteiger partial charge >= 0.3 is 0 Å². The highest BCUT2D eigenvalue weighted by Gasteiger charge is 2.52. The Hall–Kier alpha value is -2.20. The summed E-state index contributed by atoms with van der Waals surface area (Å²) in [4.78, 5) is 17.2. The van der Waals surface area contributed by atoms with Gasteiger partial charge in [-0.15, -0.1) is 6.58 Å². The maximum absolute atomic E-state index is 13.0. The van der Waals surface area contributed by atoms with Gasteiger partial charge in [0.2, 0.25) is 11.5 Å². The van der Waals surface area contributed by atoms with Crippen molar-refractivity contribution < 1.29 is 9.53 Å². The highest BCUT2D eigenvalue weighted by Crippen LogP contribution is 2.43. The Balaban J connectivity index is 2.02. The molecule has 2 aromatic rings. The molecule has 24 heavy (non-hydrogen) atoms. The fraction of sp³-hybridized carbons (Fsp3) is 0.300. The van der Waals surface area contributed by atoms with Crippen LogP contribution >= 0.6 is 11.3 Å². The molecule has 0 spiro atoms. The standard InChI is InChI=1S/C20H21NO2S/c1-4-17(16-10-11-24-13-16)20(12-14(2)3)19(22)21-18(23-20)15-8-6-5-7-9-15/h4-11,13-14,17H,1,12H2,2-3H3/t17-,20+/m0/s1. The highest BCUT2D eigenvalue weighted by molar-refractivity contribution is 7.08. The molecule has 3 nitrogen and oxygen atoms in total. The second-order valence-corrected chi connectivity index (χ2v) is 7.23. The molecule has 2 atom stereocenters. The molecule has 0 unspecified atom stereocenters. The zero-order valence-corrected chi connectivity index (χ0v) is 14.8. The van der Waals surface area contributed by atoms with Gasteiger partial charge in [0, 0.05) is 5.56 Å². The van der Waals surface area contributed by atoms with Gasteiger partial charge in [0.05, 0.1) is 5.92 Å². The van der Waals surface area contributed by atoms with Crippen LogP contribution < -0.4 is 0 Å². The predicted octanol–water partition coefficient (Wildman–Crippen LogP) is 4.81. The maximum atomic E-state index is 13.0. The van der Waals surface area contributed by atoms with Gasteiger partial charge in [-0.1, -0.05) is 38.1 Å². The molecule has 0 radical (unpaired) electrons. The van der Waals surface area contributed by atoms with E-state index in [0.29, 0.717) is 18.2 Å². The second-order valence-electron chi connectivity index (χ2n) is 6.45. The van der Waals surface area contributed by atoms with E-state index < -0.39 is 5.60 Å². The van der Waals surface area contributed by atoms with Crippen LogP contribution in [0.5, 0.6) is 0 Å². The van der Waals surface area contributed by atoms with Gasteiger partial charge in [-0.25, -0.2) is 0 Å². The smallest absolute Gasteiger partial charge is 0.294 e. The lowest BCUT2D eigenvalue weighted by molar-refractivity contribution is -0.133. The topological polar surface area (TPSA) is 38.7 Å². The molecule has 1 aliphatic rings. The Kier molecular flexibility index (Phi) is 4.67. The molecule has 0 saturated carbocycles. The molecule has 1 aliphatic heterocycles. The molecule has 124 valence electrons. The lowest BCUT2D eigenvalue weighted by Crippen LogP contribution is -2.44. The van der Waals surface area contributed by atoms with Crippen LogP contribution in [-0.2, 0) is 9.53 Å². The third-order valence-electron chi connectivity index (χ3n) is 4.22. The number of hydrogen-bond acceptors (Lipinski definition) is 3. The van der Waals surface area contributed by atoms with Crippen LogP contribution in [0.2, 0.25) is 0 Å². The van der Waals surface area contributed by atoms with Gasteiger partial charge in [0.15, 0.2) is 0 Å². The molecule has 4 heteroatoms. The molecule has 1 aromatic heterocycles. The average Bonchev–Trinajstić information content (AvgIpc) is 3.18. The number of rotatable bonds is 6. The summed E-state index contributed by atoms with van der Waals surface area (Å²) in [5.74, 6) is 0.262. The van der Waals surface area contributed by atoms with Crippen LogP contribution in [0.25, 0.3) is 0 Å². The van der Waals surface area contributed by atoms with Gasteiger partial charge in [-0.3, -0.25) is 4.79 Å². The Bertz CT molecular complexity index is 749. The molecular weight excluding hydrogens is 318 g/mol. The maximum Gasteiger partial charge on any atom is 0.294 e. The van der Waals surface area contributed by atoms with E-state index in [9.17, 15) is 4.79 Å². The Morgan fingerprint density at radius 1 is 1.29 bits per heavy atom. The van der Waals surface area contributed by atoms with Gasteiger partial charge in [0.1, 0.15) is 0 Å². The van der Waals surface area contributed by atoms with E-state index in [1.54, 1.807) is 11.3 Å². The fourth-order valence-corrected chi connectivity index (χ4v) is 3.93. The molecule has 0 saturated heterocycles. The molecule has 3 rings (SSSR count). The van der Waals surface area contributed by atoms with E-state index in [-0.39, 0.29) is 11.8 Å². The Morgan fingerprint density at radius 3 is 2.62 bits per heavy atom. The van der Waals surface area contributed by atoms with E-state index >= 15 is 0 Å². The lowest BCUT2D eigenvalue weighted by Gasteiger charge is -2.34. The summed E-state index contributed by atoms with van der Waals surface area (Å²) in [6, 6.07) is 11.6. The van der Waals surface area contributed by atoms with Crippen molar-refractivity contribution in [2.45, 2.75) is 31.8 Å². The number of amides is 1. The van der Waals surface area contributed by atoms with Crippen molar-refractivity contribution in [3.8, 4) is 0 Å². The number of carbonyl (C=O) groups is 1. The van der Waals surface area contributed by atoms with Crippen LogP contribution in [0.1, 0.15) is 37.3 Å². The average molecular weight is 339 g/mol. The van der Waals surface area contributed by atoms with Gasteiger partial charge < -0.3 is 4.74 Å². The molecular formula is C20H21NO2S. The quantitative estimate of drug-likeness (QED) is 0.709. The molecule has 1 amide bonds. The number of ether oxygens (including phenoxy) is 1. The Labute approximate surface area is 146 Å². The summed E-state index contributed by atoms with van der Waals surface area (Å²) in [6.45, 7) is 8.15. The van der Waals surface area contributed by atoms with Gasteiger partial charge in [0.25, 0.3) is 5.91 Å². The number of hydrogen-bond donors (Lipinski definition) is 0. The lowest BCUT2D eigenvalue weighted by atomic mass is 9.77. The predicted molar refractivity (Wildman–Crippen MR) is 98.5 cm³/mol. The zero-order valence-electron chi connectivity index (χ0n) is 13.9. The van der Waals surface area contributed by atoms with Gasteiger partial charge in [-0.2, -0.15) is 16.3 Å². The minimum atomic E-state index is -1.01. The number of benzene rings is 1. The SMILES string of the molecule is C=C[C@@H](c1ccsc1)[C@@]1(CC(C)C)OC(c2ccccc2)=NC1=O. The van der Waals surface area contributed by atoms with Crippen molar-refractivity contribution in [2.24, 2.45) is 10.9 Å². The summed E-state index contributed by atoms with van der Waals surface area (Å²) in [5, 5.41) is 4.05. The monoisotopic (exact) mass is 339 g/mol. The first-order chi connectivity index (χ1) is 11.6. The third-order valence-corrected chi connectivity index (χ3v) is 4.92. The molecule has 1 aromatic carbocycles. The van der Waals surface area contributed by atoms with Crippen LogP contribution in [-0.4, -0.2) is 17.4 Å². The fourth-order valence-electron chi connectivity index (χ4n) is 3.24. The molecule has 0 aliphatic carbocycles. The van der Waals surface area contributed by atoms with E-state index in [1.165, 1.54) is 0 Å². The van der Waals surface area contributed by atoms with Crippen molar-refractivity contribution >= 4 is 23.1 Å². The van der Waals surface area contributed by atoms with Crippen molar-refractivity contribution in [3.05, 3.63) is 70.9 Å². The van der Waals surface area contributed by atoms with E-state index in [0.717, 1.165) is 11.1 Å². The number of aliphatic imine (C=N–C) groups is 1. The van der Waals surface area contributed by atoms with Gasteiger partial charge in [-0.05, 0) is 46.9 Å². The van der Waals surface area contributed by atoms with Crippen molar-refractivity contribution in [1.29, 1.82) is 0 Å². The third kappa shape index (κ3) is 2.94. The van der Waals surface area contributed by atoms with E-state index in [2.05, 4.69) is 25.4 Å². The second kappa shape index (κ2) is 6.73. The number of nitrogens with zero attached hydrogens (tertiary/aromatic N) is 1. The highest BCUT2D eigenvalue weighted by atomic mass is 32.1. The van der Waals surface area contributed by atoms with E-state index in [4.69, 9.17) is 4.74 Å². The first-order valence-corrected chi connectivity index (χ1v) is 9.03. The summed E-state index contributed by atoms with van der Waals surface area (Å²) in [7, 11) is 0. The number of carbonyl (C=O) groups excluding carboxylic acids is 1. The normalized spacial score (nSPS) is 21.5. The zero-order chi connectivity index (χ0) is 17.2. The van der Waals surface area contributed by atoms with Crippen LogP contribution in [0.15, 0.2) is 64.8 Å². The van der Waals surface area contributed by atoms with Crippen LogP contribution in [0, 0.1) is 5.92 Å². The largest absolute Gasteiger partial charge is 0.459 e. The van der Waals surface area contributed by atoms with Crippen molar-refractivity contribution in [3.63, 3.8) is 0 Å². The molecule has 0 fully saturated rings. The summed E-state index contributed by atoms with van der Waals surface area (Å²) in [5.41, 5.74) is 0.862. The summed E-state index contributed by atoms with van der Waals surface area (Å²) >= 11 is 1.61.